The fourth-order valence-electron chi connectivity index (χ4n) is 7.14. The SMILES string of the molecule is Cc1c[c-]c(-c2ccc([Si](C)(C)C)cn2)cc1.Cc1ccc2c(c1)oc1c(-c3nc4ccccc4n3-c3ccc(-c4ccccc4)cc3C(C)(C)C)[c-]ncc12.[Ir]. The number of rotatable bonds is 5. The zero-order valence-electron chi connectivity index (χ0n) is 33.7. The van der Waals surface area contributed by atoms with E-state index in [9.17, 15) is 0 Å². The summed E-state index contributed by atoms with van der Waals surface area (Å²) in [5.74, 6) is 0.767. The van der Waals surface area contributed by atoms with E-state index in [0.717, 1.165) is 66.9 Å². The molecule has 9 rings (SSSR count). The van der Waals surface area contributed by atoms with Crippen LogP contribution >= 0.6 is 0 Å². The summed E-state index contributed by atoms with van der Waals surface area (Å²) in [6.45, 7) is 17.9. The van der Waals surface area contributed by atoms with E-state index in [1.807, 2.05) is 24.5 Å². The number of fused-ring (bicyclic) bond motifs is 4. The summed E-state index contributed by atoms with van der Waals surface area (Å²) < 4.78 is 8.70. The molecule has 9 aromatic rings. The summed E-state index contributed by atoms with van der Waals surface area (Å²) in [5.41, 5.74) is 13.3. The molecule has 4 aromatic heterocycles. The second-order valence-electron chi connectivity index (χ2n) is 16.7. The number of furan rings is 1. The topological polar surface area (TPSA) is 56.7 Å². The van der Waals surface area contributed by atoms with Crippen LogP contribution in [0.5, 0.6) is 0 Å². The smallest absolute Gasteiger partial charge is 0.121 e. The third-order valence-electron chi connectivity index (χ3n) is 10.3. The summed E-state index contributed by atoms with van der Waals surface area (Å²) in [7, 11) is -1.24. The van der Waals surface area contributed by atoms with Crippen molar-refractivity contribution in [2.75, 3.05) is 0 Å². The monoisotopic (exact) mass is 939 g/mol. The Hall–Kier alpha value is -5.46. The van der Waals surface area contributed by atoms with Crippen LogP contribution in [0.15, 0.2) is 138 Å². The van der Waals surface area contributed by atoms with Crippen LogP contribution in [-0.2, 0) is 25.5 Å². The van der Waals surface area contributed by atoms with Gasteiger partial charge in [-0.15, -0.1) is 35.4 Å². The quantitative estimate of drug-likeness (QED) is 0.127. The number of para-hydroxylation sites is 2. The minimum atomic E-state index is -1.24. The molecule has 0 amide bonds. The summed E-state index contributed by atoms with van der Waals surface area (Å²) >= 11 is 0. The van der Waals surface area contributed by atoms with Crippen molar-refractivity contribution in [1.82, 2.24) is 19.5 Å². The second-order valence-corrected chi connectivity index (χ2v) is 21.7. The van der Waals surface area contributed by atoms with Crippen molar-refractivity contribution in [3.05, 3.63) is 163 Å². The number of nitrogens with zero attached hydrogens (tertiary/aromatic N) is 4. The maximum Gasteiger partial charge on any atom is 0.121 e. The first kappa shape index (κ1) is 39.8. The number of aryl methyl sites for hydroxylation is 2. The van der Waals surface area contributed by atoms with Gasteiger partial charge in [-0.25, -0.2) is 0 Å². The van der Waals surface area contributed by atoms with Crippen LogP contribution < -0.4 is 5.19 Å². The van der Waals surface area contributed by atoms with Crippen molar-refractivity contribution >= 4 is 46.2 Å². The van der Waals surface area contributed by atoms with Gasteiger partial charge in [-0.2, -0.15) is 0 Å². The minimum absolute atomic E-state index is 0. The first-order chi connectivity index (χ1) is 26.8. The molecule has 1 radical (unpaired) electrons. The van der Waals surface area contributed by atoms with Gasteiger partial charge in [0.25, 0.3) is 0 Å². The Kier molecular flexibility index (Phi) is 11.0. The van der Waals surface area contributed by atoms with Crippen molar-refractivity contribution in [2.24, 2.45) is 0 Å². The van der Waals surface area contributed by atoms with Crippen LogP contribution in [0.2, 0.25) is 19.6 Å². The Bertz CT molecular complexity index is 2830. The van der Waals surface area contributed by atoms with Gasteiger partial charge in [-0.3, -0.25) is 4.98 Å². The number of aromatic nitrogens is 4. The third kappa shape index (κ3) is 8.06. The van der Waals surface area contributed by atoms with E-state index in [4.69, 9.17) is 9.40 Å². The molecule has 0 bridgehead atoms. The Morgan fingerprint density at radius 2 is 1.47 bits per heavy atom. The molecule has 0 fully saturated rings. The number of hydrogen-bond acceptors (Lipinski definition) is 4. The van der Waals surface area contributed by atoms with Crippen LogP contribution in [-0.4, -0.2) is 27.6 Å². The van der Waals surface area contributed by atoms with E-state index >= 15 is 0 Å². The van der Waals surface area contributed by atoms with Gasteiger partial charge in [0.05, 0.1) is 30.5 Å². The molecular formula is C50H46IrN4OSi-2. The molecule has 57 heavy (non-hydrogen) atoms. The number of benzene rings is 5. The summed E-state index contributed by atoms with van der Waals surface area (Å²) in [6.07, 6.45) is 7.10. The Labute approximate surface area is 350 Å². The summed E-state index contributed by atoms with van der Waals surface area (Å²) in [5, 5.41) is 3.41. The van der Waals surface area contributed by atoms with E-state index in [1.165, 1.54) is 27.4 Å². The van der Waals surface area contributed by atoms with Crippen LogP contribution in [0, 0.1) is 26.1 Å². The maximum absolute atomic E-state index is 6.46. The normalized spacial score (nSPS) is 11.7. The fraction of sp³-hybridized carbons (Fsp3) is 0.180. The molecule has 287 valence electrons. The molecule has 0 spiro atoms. The first-order valence-corrected chi connectivity index (χ1v) is 22.7. The molecule has 0 saturated carbocycles. The molecule has 0 saturated heterocycles. The third-order valence-corrected chi connectivity index (χ3v) is 12.3. The van der Waals surface area contributed by atoms with Gasteiger partial charge >= 0.3 is 0 Å². The molecule has 0 N–H and O–H groups in total. The number of pyridine rings is 2. The van der Waals surface area contributed by atoms with E-state index < -0.39 is 8.07 Å². The van der Waals surface area contributed by atoms with Gasteiger partial charge in [0, 0.05) is 37.4 Å². The average Bonchev–Trinajstić information content (AvgIpc) is 3.76. The molecule has 0 aliphatic heterocycles. The van der Waals surface area contributed by atoms with Gasteiger partial charge in [0.1, 0.15) is 5.58 Å². The Balaban J connectivity index is 0.000000232. The van der Waals surface area contributed by atoms with E-state index in [0.29, 0.717) is 0 Å². The maximum atomic E-state index is 6.46. The zero-order chi connectivity index (χ0) is 39.2. The first-order valence-electron chi connectivity index (χ1n) is 19.2. The van der Waals surface area contributed by atoms with E-state index in [-0.39, 0.29) is 25.5 Å². The Morgan fingerprint density at radius 1 is 0.719 bits per heavy atom. The molecule has 0 atom stereocenters. The van der Waals surface area contributed by atoms with Crippen LogP contribution in [0.1, 0.15) is 37.5 Å². The molecule has 0 aliphatic rings. The van der Waals surface area contributed by atoms with Crippen LogP contribution in [0.25, 0.3) is 72.4 Å². The molecule has 5 nitrogen and oxygen atoms in total. The predicted molar refractivity (Wildman–Crippen MR) is 236 cm³/mol. The molecule has 4 heterocycles. The molecule has 0 unspecified atom stereocenters. The Morgan fingerprint density at radius 3 is 2.18 bits per heavy atom. The molecule has 5 aromatic carbocycles. The standard InChI is InChI=1S/C35H28N3O.C15H18NSi.Ir/c1-22-14-16-25-26-20-36-21-27(33(26)39-32(25)18-22)34-37-29-12-8-9-13-31(29)38(34)30-17-15-24(19-28(30)35(2,3)4)23-10-6-5-7-11-23;1-12-5-7-13(8-6-12)15-10-9-14(11-16-15)17(2,3)4;/h5-20H,1-4H3;5-7,9-11H,1-4H3;/q2*-1;. The van der Waals surface area contributed by atoms with Gasteiger partial charge in [0.2, 0.25) is 0 Å². The number of hydrogen-bond donors (Lipinski definition) is 0. The minimum Gasteiger partial charge on any atom is -0.500 e. The van der Waals surface area contributed by atoms with Gasteiger partial charge in [0.15, 0.2) is 0 Å². The van der Waals surface area contributed by atoms with Crippen molar-refractivity contribution in [1.29, 1.82) is 0 Å². The average molecular weight is 939 g/mol. The van der Waals surface area contributed by atoms with Crippen LogP contribution in [0.3, 0.4) is 0 Å². The zero-order valence-corrected chi connectivity index (χ0v) is 37.1. The van der Waals surface area contributed by atoms with Crippen LogP contribution in [0.4, 0.5) is 0 Å². The van der Waals surface area contributed by atoms with Gasteiger partial charge in [-0.1, -0.05) is 120 Å². The summed E-state index contributed by atoms with van der Waals surface area (Å²) in [4.78, 5) is 14.2. The van der Waals surface area contributed by atoms with E-state index in [2.05, 4.69) is 190 Å². The van der Waals surface area contributed by atoms with Crippen molar-refractivity contribution < 1.29 is 24.5 Å². The van der Waals surface area contributed by atoms with Gasteiger partial charge in [-0.05, 0) is 99.1 Å². The van der Waals surface area contributed by atoms with Crippen molar-refractivity contribution in [3.63, 3.8) is 0 Å². The largest absolute Gasteiger partial charge is 0.500 e. The summed E-state index contributed by atoms with van der Waals surface area (Å²) in [6, 6.07) is 45.6. The second kappa shape index (κ2) is 15.8. The molecule has 0 aliphatic carbocycles. The fourth-order valence-corrected chi connectivity index (χ4v) is 8.17. The molecular weight excluding hydrogens is 893 g/mol. The number of imidazole rings is 1. The van der Waals surface area contributed by atoms with Gasteiger partial charge < -0.3 is 19.0 Å². The van der Waals surface area contributed by atoms with E-state index in [1.54, 1.807) is 0 Å². The molecule has 7 heteroatoms. The van der Waals surface area contributed by atoms with Crippen molar-refractivity contribution in [3.8, 4) is 39.5 Å². The predicted octanol–water partition coefficient (Wildman–Crippen LogP) is 12.5. The van der Waals surface area contributed by atoms with Crippen molar-refractivity contribution in [2.45, 2.75) is 59.7 Å².